The Bertz CT molecular complexity index is 1170. The summed E-state index contributed by atoms with van der Waals surface area (Å²) in [7, 11) is 3.08. The van der Waals surface area contributed by atoms with Gasteiger partial charge in [-0.25, -0.2) is 0 Å². The van der Waals surface area contributed by atoms with Gasteiger partial charge in [-0.3, -0.25) is 24.1 Å². The van der Waals surface area contributed by atoms with Gasteiger partial charge in [-0.2, -0.15) is 5.10 Å². The smallest absolute Gasteiger partial charge is 0.308 e. The first kappa shape index (κ1) is 27.1. The highest BCUT2D eigenvalue weighted by Gasteiger charge is 2.25. The van der Waals surface area contributed by atoms with Crippen LogP contribution >= 0.6 is 23.2 Å². The van der Waals surface area contributed by atoms with E-state index in [4.69, 9.17) is 32.7 Å². The van der Waals surface area contributed by atoms with Gasteiger partial charge in [0, 0.05) is 30.2 Å². The fourth-order valence-electron chi connectivity index (χ4n) is 3.47. The highest BCUT2D eigenvalue weighted by molar-refractivity contribution is 6.35. The average molecular weight is 540 g/mol. The van der Waals surface area contributed by atoms with Crippen LogP contribution in [0.15, 0.2) is 23.2 Å². The molecule has 0 saturated heterocycles. The standard InChI is InChI=1S/C22H27Cl2N7O5/c1-4-36-19(33)10-15(13-7-12(23)8-14(24)20(13)35-3)28-18(32)11-27-21(34)16-9-17(31(2)30-16)29-22-25-5-6-26-22/h7-9,15H,4-6,10-11H2,1-3H3,(H,27,34)(H,28,32)(H2,25,26,29). The Morgan fingerprint density at radius 2 is 2.03 bits per heavy atom. The number of benzene rings is 1. The van der Waals surface area contributed by atoms with E-state index in [0.717, 1.165) is 6.54 Å². The van der Waals surface area contributed by atoms with Crippen molar-refractivity contribution in [1.29, 1.82) is 0 Å². The van der Waals surface area contributed by atoms with Crippen LogP contribution in [0, 0.1) is 0 Å². The molecule has 1 atom stereocenters. The quantitative estimate of drug-likeness (QED) is 0.333. The molecule has 0 spiro atoms. The molecule has 4 N–H and O–H groups in total. The second kappa shape index (κ2) is 12.5. The number of nitrogens with zero attached hydrogens (tertiary/aromatic N) is 3. The van der Waals surface area contributed by atoms with E-state index in [1.807, 2.05) is 0 Å². The minimum Gasteiger partial charge on any atom is -0.495 e. The lowest BCUT2D eigenvalue weighted by Crippen LogP contribution is -2.39. The van der Waals surface area contributed by atoms with Gasteiger partial charge in [0.25, 0.3) is 5.91 Å². The van der Waals surface area contributed by atoms with Crippen LogP contribution in [0.25, 0.3) is 0 Å². The molecule has 1 unspecified atom stereocenters. The first-order valence-corrected chi connectivity index (χ1v) is 11.8. The lowest BCUT2D eigenvalue weighted by molar-refractivity contribution is -0.143. The first-order chi connectivity index (χ1) is 17.2. The summed E-state index contributed by atoms with van der Waals surface area (Å²) in [5.74, 6) is -0.254. The Morgan fingerprint density at radius 3 is 2.69 bits per heavy atom. The molecule has 2 heterocycles. The third-order valence-corrected chi connectivity index (χ3v) is 5.57. The Kier molecular flexibility index (Phi) is 9.37. The Morgan fingerprint density at radius 1 is 1.25 bits per heavy atom. The van der Waals surface area contributed by atoms with Gasteiger partial charge in [0.1, 0.15) is 11.6 Å². The molecular formula is C22H27Cl2N7O5. The largest absolute Gasteiger partial charge is 0.495 e. The number of nitrogens with one attached hydrogen (secondary N) is 4. The minimum absolute atomic E-state index is 0.109. The third kappa shape index (κ3) is 7.01. The molecule has 0 bridgehead atoms. The average Bonchev–Trinajstić information content (AvgIpc) is 3.47. The van der Waals surface area contributed by atoms with Crippen LogP contribution in [-0.2, 0) is 21.4 Å². The maximum absolute atomic E-state index is 12.7. The predicted octanol–water partition coefficient (Wildman–Crippen LogP) is 1.65. The summed E-state index contributed by atoms with van der Waals surface area (Å²) in [5.41, 5.74) is 0.504. The van der Waals surface area contributed by atoms with E-state index in [-0.39, 0.29) is 36.0 Å². The summed E-state index contributed by atoms with van der Waals surface area (Å²) in [6.45, 7) is 2.87. The van der Waals surface area contributed by atoms with E-state index in [2.05, 4.69) is 31.4 Å². The number of aryl methyl sites for hydroxylation is 1. The molecule has 0 aliphatic carbocycles. The van der Waals surface area contributed by atoms with Crippen LogP contribution in [0.3, 0.4) is 0 Å². The Balaban J connectivity index is 1.68. The number of rotatable bonds is 10. The van der Waals surface area contributed by atoms with Crippen molar-refractivity contribution in [3.63, 3.8) is 0 Å². The third-order valence-electron chi connectivity index (χ3n) is 5.07. The van der Waals surface area contributed by atoms with Crippen molar-refractivity contribution < 1.29 is 23.9 Å². The van der Waals surface area contributed by atoms with Crippen molar-refractivity contribution >= 4 is 52.8 Å². The molecule has 12 nitrogen and oxygen atoms in total. The zero-order valence-electron chi connectivity index (χ0n) is 20.0. The number of amides is 2. The minimum atomic E-state index is -0.870. The van der Waals surface area contributed by atoms with E-state index in [9.17, 15) is 14.4 Å². The number of aromatic nitrogens is 2. The summed E-state index contributed by atoms with van der Waals surface area (Å²) >= 11 is 12.4. The van der Waals surface area contributed by atoms with Crippen molar-refractivity contribution in [3.8, 4) is 5.75 Å². The fourth-order valence-corrected chi connectivity index (χ4v) is 4.06. The molecule has 1 aromatic heterocycles. The van der Waals surface area contributed by atoms with Gasteiger partial charge in [0.05, 0.1) is 44.3 Å². The number of anilines is 1. The zero-order chi connectivity index (χ0) is 26.2. The van der Waals surface area contributed by atoms with Crippen molar-refractivity contribution in [2.75, 3.05) is 38.7 Å². The number of hydrogen-bond donors (Lipinski definition) is 4. The maximum Gasteiger partial charge on any atom is 0.308 e. The SMILES string of the molecule is CCOC(=O)CC(NC(=O)CNC(=O)c1cc(NC2=NCCN2)n(C)n1)c1cc(Cl)cc(Cl)c1OC. The number of aliphatic imine (C=N–C) groups is 1. The van der Waals surface area contributed by atoms with Gasteiger partial charge >= 0.3 is 5.97 Å². The Hall–Kier alpha value is -3.51. The molecule has 3 rings (SSSR count). The molecule has 0 fully saturated rings. The molecule has 1 aromatic carbocycles. The number of methoxy groups -OCH3 is 1. The zero-order valence-corrected chi connectivity index (χ0v) is 21.5. The summed E-state index contributed by atoms with van der Waals surface area (Å²) in [4.78, 5) is 41.8. The number of ether oxygens (including phenoxy) is 2. The van der Waals surface area contributed by atoms with Crippen LogP contribution in [0.4, 0.5) is 5.82 Å². The first-order valence-electron chi connectivity index (χ1n) is 11.1. The van der Waals surface area contributed by atoms with Crippen LogP contribution in [-0.4, -0.2) is 66.9 Å². The fraction of sp³-hybridized carbons (Fsp3) is 0.409. The van der Waals surface area contributed by atoms with E-state index in [1.54, 1.807) is 20.0 Å². The molecule has 14 heteroatoms. The van der Waals surface area contributed by atoms with Crippen LogP contribution in [0.2, 0.25) is 10.0 Å². The summed E-state index contributed by atoms with van der Waals surface area (Å²) in [6, 6.07) is 3.70. The normalized spacial score (nSPS) is 13.3. The van der Waals surface area contributed by atoms with Crippen LogP contribution in [0.1, 0.15) is 35.4 Å². The van der Waals surface area contributed by atoms with Crippen molar-refractivity contribution in [2.45, 2.75) is 19.4 Å². The predicted molar refractivity (Wildman–Crippen MR) is 135 cm³/mol. The molecule has 2 aromatic rings. The second-order valence-corrected chi connectivity index (χ2v) is 8.49. The topological polar surface area (TPSA) is 148 Å². The lowest BCUT2D eigenvalue weighted by atomic mass is 10.0. The molecule has 0 saturated carbocycles. The van der Waals surface area contributed by atoms with E-state index < -0.39 is 23.8 Å². The second-order valence-electron chi connectivity index (χ2n) is 7.64. The number of carbonyl (C=O) groups excluding carboxylic acids is 3. The summed E-state index contributed by atoms with van der Waals surface area (Å²) in [6.07, 6.45) is -0.201. The highest BCUT2D eigenvalue weighted by Crippen LogP contribution is 2.37. The molecular weight excluding hydrogens is 513 g/mol. The van der Waals surface area contributed by atoms with Gasteiger partial charge < -0.3 is 30.7 Å². The van der Waals surface area contributed by atoms with Gasteiger partial charge in [-0.05, 0) is 19.1 Å². The molecule has 194 valence electrons. The lowest BCUT2D eigenvalue weighted by Gasteiger charge is -2.22. The van der Waals surface area contributed by atoms with Crippen LogP contribution < -0.4 is 26.0 Å². The van der Waals surface area contributed by atoms with E-state index >= 15 is 0 Å². The van der Waals surface area contributed by atoms with E-state index in [1.165, 1.54) is 23.9 Å². The molecule has 2 amide bonds. The molecule has 36 heavy (non-hydrogen) atoms. The summed E-state index contributed by atoms with van der Waals surface area (Å²) < 4.78 is 11.9. The monoisotopic (exact) mass is 539 g/mol. The van der Waals surface area contributed by atoms with Gasteiger partial charge in [-0.1, -0.05) is 23.2 Å². The highest BCUT2D eigenvalue weighted by atomic mass is 35.5. The van der Waals surface area contributed by atoms with Crippen LogP contribution in [0.5, 0.6) is 5.75 Å². The van der Waals surface area contributed by atoms with Crippen molar-refractivity contribution in [2.24, 2.45) is 12.0 Å². The number of hydrogen-bond acceptors (Lipinski definition) is 9. The Labute approximate surface area is 217 Å². The van der Waals surface area contributed by atoms with Crippen molar-refractivity contribution in [3.05, 3.63) is 39.5 Å². The van der Waals surface area contributed by atoms with Gasteiger partial charge in [-0.15, -0.1) is 0 Å². The summed E-state index contributed by atoms with van der Waals surface area (Å²) in [5, 5.41) is 16.0. The molecule has 1 aliphatic rings. The number of carbonyl (C=O) groups is 3. The number of esters is 1. The molecule has 0 radical (unpaired) electrons. The van der Waals surface area contributed by atoms with E-state index in [0.29, 0.717) is 28.9 Å². The maximum atomic E-state index is 12.7. The number of halogens is 2. The molecule has 1 aliphatic heterocycles. The van der Waals surface area contributed by atoms with Gasteiger partial charge in [0.15, 0.2) is 11.7 Å². The van der Waals surface area contributed by atoms with Crippen molar-refractivity contribution in [1.82, 2.24) is 25.7 Å². The number of guanidine groups is 1. The van der Waals surface area contributed by atoms with Gasteiger partial charge in [0.2, 0.25) is 5.91 Å².